The number of phenolic OH excluding ortho intramolecular Hbond substituents is 1. The maximum Gasteiger partial charge on any atom is 0.259 e. The van der Waals surface area contributed by atoms with Crippen LogP contribution in [0.25, 0.3) is 10.8 Å². The van der Waals surface area contributed by atoms with Crippen LogP contribution in [0.15, 0.2) is 83.9 Å². The zero-order valence-electron chi connectivity index (χ0n) is 16.9. The summed E-state index contributed by atoms with van der Waals surface area (Å²) in [5.41, 5.74) is 4.32. The standard InChI is InChI=1S/C26H22N2O2/c1-17-11-13-20(14-12-17)27-16-23-21-9-5-4-8-19(21)15-22(25(23)29)26(30)28-24-10-6-3-7-18(24)2/h3-16,29H,1-2H3,(H,28,30). The van der Waals surface area contributed by atoms with Crippen molar-refractivity contribution >= 4 is 34.3 Å². The fourth-order valence-electron chi connectivity index (χ4n) is 3.34. The molecule has 0 atom stereocenters. The third-order valence-electron chi connectivity index (χ3n) is 5.08. The zero-order valence-corrected chi connectivity index (χ0v) is 16.9. The average Bonchev–Trinajstić information content (AvgIpc) is 2.75. The molecule has 0 unspecified atom stereocenters. The van der Waals surface area contributed by atoms with Gasteiger partial charge in [-0.05, 0) is 54.4 Å². The molecule has 4 rings (SSSR count). The van der Waals surface area contributed by atoms with Crippen molar-refractivity contribution in [2.45, 2.75) is 13.8 Å². The Morgan fingerprint density at radius 2 is 1.63 bits per heavy atom. The van der Waals surface area contributed by atoms with Gasteiger partial charge in [-0.15, -0.1) is 0 Å². The molecule has 0 aliphatic rings. The van der Waals surface area contributed by atoms with Crippen LogP contribution in [0.4, 0.5) is 11.4 Å². The molecule has 1 amide bonds. The molecule has 0 aromatic heterocycles. The van der Waals surface area contributed by atoms with Gasteiger partial charge in [-0.2, -0.15) is 0 Å². The van der Waals surface area contributed by atoms with Gasteiger partial charge in [-0.1, -0.05) is 60.2 Å². The Kier molecular flexibility index (Phi) is 5.31. The quantitative estimate of drug-likeness (QED) is 0.407. The van der Waals surface area contributed by atoms with E-state index < -0.39 is 0 Å². The highest BCUT2D eigenvalue weighted by Gasteiger charge is 2.18. The summed E-state index contributed by atoms with van der Waals surface area (Å²) in [6, 6.07) is 24.7. The molecule has 4 heteroatoms. The molecule has 4 aromatic rings. The van der Waals surface area contributed by atoms with Crippen LogP contribution in [-0.2, 0) is 0 Å². The van der Waals surface area contributed by atoms with Crippen LogP contribution in [0.1, 0.15) is 27.0 Å². The Balaban J connectivity index is 1.78. The highest BCUT2D eigenvalue weighted by atomic mass is 16.3. The van der Waals surface area contributed by atoms with E-state index in [4.69, 9.17) is 0 Å². The molecular formula is C26H22N2O2. The van der Waals surface area contributed by atoms with Crippen LogP contribution >= 0.6 is 0 Å². The predicted octanol–water partition coefficient (Wildman–Crippen LogP) is 6.17. The van der Waals surface area contributed by atoms with Crippen molar-refractivity contribution in [2.75, 3.05) is 5.32 Å². The minimum atomic E-state index is -0.363. The first-order chi connectivity index (χ1) is 14.5. The van der Waals surface area contributed by atoms with Crippen molar-refractivity contribution < 1.29 is 9.90 Å². The third kappa shape index (κ3) is 3.94. The number of para-hydroxylation sites is 1. The Hall–Kier alpha value is -3.92. The monoisotopic (exact) mass is 394 g/mol. The van der Waals surface area contributed by atoms with E-state index in [9.17, 15) is 9.90 Å². The molecule has 0 saturated heterocycles. The van der Waals surface area contributed by atoms with Gasteiger partial charge in [0.05, 0.1) is 11.3 Å². The van der Waals surface area contributed by atoms with Crippen LogP contribution in [0, 0.1) is 13.8 Å². The number of anilines is 1. The van der Waals surface area contributed by atoms with Gasteiger partial charge in [-0.25, -0.2) is 0 Å². The number of amides is 1. The summed E-state index contributed by atoms with van der Waals surface area (Å²) in [5.74, 6) is -0.451. The highest BCUT2D eigenvalue weighted by Crippen LogP contribution is 2.31. The average molecular weight is 394 g/mol. The molecule has 4 aromatic carbocycles. The van der Waals surface area contributed by atoms with E-state index in [-0.39, 0.29) is 17.2 Å². The number of rotatable bonds is 4. The lowest BCUT2D eigenvalue weighted by Crippen LogP contribution is -2.13. The number of carbonyl (C=O) groups excluding carboxylic acids is 1. The number of aliphatic imine (C=N–C) groups is 1. The lowest BCUT2D eigenvalue weighted by atomic mass is 9.99. The fourth-order valence-corrected chi connectivity index (χ4v) is 3.34. The minimum Gasteiger partial charge on any atom is -0.506 e. The predicted molar refractivity (Wildman–Crippen MR) is 123 cm³/mol. The summed E-state index contributed by atoms with van der Waals surface area (Å²) in [6.45, 7) is 3.94. The maximum absolute atomic E-state index is 13.0. The first-order valence-electron chi connectivity index (χ1n) is 9.75. The van der Waals surface area contributed by atoms with Gasteiger partial charge in [-0.3, -0.25) is 9.79 Å². The second-order valence-electron chi connectivity index (χ2n) is 7.27. The topological polar surface area (TPSA) is 61.7 Å². The van der Waals surface area contributed by atoms with E-state index in [1.807, 2.05) is 86.6 Å². The molecule has 30 heavy (non-hydrogen) atoms. The Bertz CT molecular complexity index is 1260. The number of phenols is 1. The number of hydrogen-bond donors (Lipinski definition) is 2. The molecule has 0 radical (unpaired) electrons. The van der Waals surface area contributed by atoms with Gasteiger partial charge in [0.25, 0.3) is 5.91 Å². The van der Waals surface area contributed by atoms with Crippen molar-refractivity contribution in [3.8, 4) is 5.75 Å². The number of benzene rings is 4. The van der Waals surface area contributed by atoms with Gasteiger partial charge >= 0.3 is 0 Å². The van der Waals surface area contributed by atoms with Crippen LogP contribution < -0.4 is 5.32 Å². The maximum atomic E-state index is 13.0. The van der Waals surface area contributed by atoms with Crippen LogP contribution in [0.3, 0.4) is 0 Å². The zero-order chi connectivity index (χ0) is 21.1. The van der Waals surface area contributed by atoms with Crippen LogP contribution in [0.5, 0.6) is 5.75 Å². The molecule has 0 aliphatic heterocycles. The minimum absolute atomic E-state index is 0.0874. The van der Waals surface area contributed by atoms with E-state index >= 15 is 0 Å². The van der Waals surface area contributed by atoms with E-state index in [2.05, 4.69) is 10.3 Å². The van der Waals surface area contributed by atoms with Gasteiger partial charge < -0.3 is 10.4 Å². The second-order valence-corrected chi connectivity index (χ2v) is 7.27. The lowest BCUT2D eigenvalue weighted by molar-refractivity contribution is 0.102. The highest BCUT2D eigenvalue weighted by molar-refractivity contribution is 6.13. The molecule has 0 saturated carbocycles. The second kappa shape index (κ2) is 8.21. The molecule has 0 fully saturated rings. The molecule has 0 heterocycles. The summed E-state index contributed by atoms with van der Waals surface area (Å²) >= 11 is 0. The van der Waals surface area contributed by atoms with E-state index in [0.29, 0.717) is 11.3 Å². The van der Waals surface area contributed by atoms with E-state index in [1.165, 1.54) is 0 Å². The number of fused-ring (bicyclic) bond motifs is 1. The van der Waals surface area contributed by atoms with Crippen molar-refractivity contribution in [1.82, 2.24) is 0 Å². The molecular weight excluding hydrogens is 372 g/mol. The summed E-state index contributed by atoms with van der Waals surface area (Å²) in [7, 11) is 0. The molecule has 2 N–H and O–H groups in total. The Morgan fingerprint density at radius 1 is 0.933 bits per heavy atom. The van der Waals surface area contributed by atoms with E-state index in [1.54, 1.807) is 12.3 Å². The van der Waals surface area contributed by atoms with Gasteiger partial charge in [0, 0.05) is 17.5 Å². The summed E-state index contributed by atoms with van der Waals surface area (Å²) < 4.78 is 0. The van der Waals surface area contributed by atoms with Gasteiger partial charge in [0.15, 0.2) is 0 Å². The number of nitrogens with zero attached hydrogens (tertiary/aromatic N) is 1. The SMILES string of the molecule is Cc1ccc(N=Cc2c(O)c(C(=O)Nc3ccccc3C)cc3ccccc23)cc1. The Morgan fingerprint density at radius 3 is 2.40 bits per heavy atom. The van der Waals surface area contributed by atoms with Gasteiger partial charge in [0.2, 0.25) is 0 Å². The number of aromatic hydroxyl groups is 1. The summed E-state index contributed by atoms with van der Waals surface area (Å²) in [6.07, 6.45) is 1.62. The summed E-state index contributed by atoms with van der Waals surface area (Å²) in [4.78, 5) is 17.5. The number of carbonyl (C=O) groups is 1. The number of aryl methyl sites for hydroxylation is 2. The first-order valence-corrected chi connectivity index (χ1v) is 9.75. The largest absolute Gasteiger partial charge is 0.506 e. The molecule has 0 aliphatic carbocycles. The van der Waals surface area contributed by atoms with Crippen LogP contribution in [-0.4, -0.2) is 17.2 Å². The number of nitrogens with one attached hydrogen (secondary N) is 1. The van der Waals surface area contributed by atoms with E-state index in [0.717, 1.165) is 27.6 Å². The Labute approximate surface area is 175 Å². The third-order valence-corrected chi connectivity index (χ3v) is 5.08. The molecule has 0 bridgehead atoms. The van der Waals surface area contributed by atoms with Crippen molar-refractivity contribution in [2.24, 2.45) is 4.99 Å². The van der Waals surface area contributed by atoms with Crippen molar-refractivity contribution in [1.29, 1.82) is 0 Å². The lowest BCUT2D eigenvalue weighted by Gasteiger charge is -2.13. The molecule has 0 spiro atoms. The number of hydrogen-bond acceptors (Lipinski definition) is 3. The van der Waals surface area contributed by atoms with Crippen molar-refractivity contribution in [3.05, 3.63) is 101 Å². The van der Waals surface area contributed by atoms with Crippen LogP contribution in [0.2, 0.25) is 0 Å². The smallest absolute Gasteiger partial charge is 0.259 e. The normalized spacial score (nSPS) is 11.1. The summed E-state index contributed by atoms with van der Waals surface area (Å²) in [5, 5.41) is 15.6. The molecule has 148 valence electrons. The van der Waals surface area contributed by atoms with Gasteiger partial charge in [0.1, 0.15) is 5.75 Å². The fraction of sp³-hybridized carbons (Fsp3) is 0.0769. The molecule has 4 nitrogen and oxygen atoms in total. The van der Waals surface area contributed by atoms with Crippen molar-refractivity contribution in [3.63, 3.8) is 0 Å². The first kappa shape index (κ1) is 19.4.